The molecule has 1 aromatic carbocycles. The molecule has 0 aromatic heterocycles. The van der Waals surface area contributed by atoms with Gasteiger partial charge in [-0.2, -0.15) is 0 Å². The molecule has 0 atom stereocenters. The van der Waals surface area contributed by atoms with Crippen molar-refractivity contribution in [3.63, 3.8) is 0 Å². The van der Waals surface area contributed by atoms with Crippen molar-refractivity contribution in [2.75, 3.05) is 27.3 Å². The molecule has 0 aliphatic rings. The van der Waals surface area contributed by atoms with Crippen LogP contribution in [0.1, 0.15) is 39.7 Å². The lowest BCUT2D eigenvalue weighted by Gasteiger charge is -2.30. The molecule has 1 rings (SSSR count). The van der Waals surface area contributed by atoms with Crippen LogP contribution in [0.4, 0.5) is 0 Å². The summed E-state index contributed by atoms with van der Waals surface area (Å²) >= 11 is 0. The fourth-order valence-electron chi connectivity index (χ4n) is 2.80. The minimum Gasteiger partial charge on any atom is -0.493 e. The van der Waals surface area contributed by atoms with E-state index in [0.29, 0.717) is 36.1 Å². The number of nitrogens with two attached hydrogens (primary N) is 1. The Morgan fingerprint density at radius 1 is 1.12 bits per heavy atom. The summed E-state index contributed by atoms with van der Waals surface area (Å²) < 4.78 is 10.5. The quantitative estimate of drug-likeness (QED) is 0.385. The maximum absolute atomic E-state index is 5.95. The summed E-state index contributed by atoms with van der Waals surface area (Å²) in [6, 6.07) is 6.85. The van der Waals surface area contributed by atoms with Gasteiger partial charge in [0, 0.05) is 25.2 Å². The van der Waals surface area contributed by atoms with Gasteiger partial charge in [0.05, 0.1) is 20.8 Å². The van der Waals surface area contributed by atoms with Crippen molar-refractivity contribution < 1.29 is 9.47 Å². The second kappa shape index (κ2) is 10.8. The zero-order chi connectivity index (χ0) is 18.8. The Balaban J connectivity index is 2.44. The molecular formula is C19H34N4O2. The summed E-state index contributed by atoms with van der Waals surface area (Å²) in [5.74, 6) is 1.88. The van der Waals surface area contributed by atoms with Crippen LogP contribution in [0.15, 0.2) is 23.2 Å². The van der Waals surface area contributed by atoms with Crippen molar-refractivity contribution in [1.29, 1.82) is 0 Å². The minimum atomic E-state index is 0.468. The molecule has 0 aliphatic heterocycles. The Bertz CT molecular complexity index is 536. The fourth-order valence-corrected chi connectivity index (χ4v) is 2.80. The smallest absolute Gasteiger partial charge is 0.188 e. The number of rotatable bonds is 10. The van der Waals surface area contributed by atoms with Gasteiger partial charge in [-0.15, -0.1) is 0 Å². The Hall–Kier alpha value is -1.95. The number of hydrogen-bond donors (Lipinski definition) is 2. The topological polar surface area (TPSA) is 72.1 Å². The van der Waals surface area contributed by atoms with Gasteiger partial charge in [0.1, 0.15) is 0 Å². The van der Waals surface area contributed by atoms with Gasteiger partial charge in [-0.3, -0.25) is 4.90 Å². The van der Waals surface area contributed by atoms with Gasteiger partial charge in [0.15, 0.2) is 17.5 Å². The highest BCUT2D eigenvalue weighted by molar-refractivity contribution is 5.77. The van der Waals surface area contributed by atoms with Gasteiger partial charge in [-0.1, -0.05) is 6.07 Å². The van der Waals surface area contributed by atoms with Crippen molar-refractivity contribution in [3.05, 3.63) is 23.8 Å². The Morgan fingerprint density at radius 3 is 2.32 bits per heavy atom. The van der Waals surface area contributed by atoms with E-state index in [2.05, 4.69) is 42.9 Å². The maximum atomic E-state index is 5.95. The molecule has 6 heteroatoms. The molecule has 1 aromatic rings. The number of nitrogens with one attached hydrogen (secondary N) is 1. The number of ether oxygens (including phenoxy) is 2. The maximum Gasteiger partial charge on any atom is 0.188 e. The average molecular weight is 351 g/mol. The van der Waals surface area contributed by atoms with E-state index >= 15 is 0 Å². The van der Waals surface area contributed by atoms with Crippen molar-refractivity contribution in [2.45, 2.75) is 52.7 Å². The van der Waals surface area contributed by atoms with Crippen molar-refractivity contribution >= 4 is 5.96 Å². The van der Waals surface area contributed by atoms with Crippen LogP contribution in [0.5, 0.6) is 11.5 Å². The number of aliphatic imine (C=N–C) groups is 1. The molecule has 25 heavy (non-hydrogen) atoms. The van der Waals surface area contributed by atoms with Crippen LogP contribution in [0, 0.1) is 0 Å². The number of hydrogen-bond acceptors (Lipinski definition) is 4. The van der Waals surface area contributed by atoms with Gasteiger partial charge in [0.2, 0.25) is 0 Å². The Kier molecular flexibility index (Phi) is 9.13. The SMILES string of the molecule is COc1ccc(CN=C(N)NCCCN(C(C)C)C(C)C)cc1OC. The van der Waals surface area contributed by atoms with Crippen LogP contribution < -0.4 is 20.5 Å². The molecule has 0 heterocycles. The molecule has 0 saturated heterocycles. The van der Waals surface area contributed by atoms with Crippen molar-refractivity contribution in [1.82, 2.24) is 10.2 Å². The molecule has 0 spiro atoms. The van der Waals surface area contributed by atoms with Gasteiger partial charge in [-0.25, -0.2) is 4.99 Å². The summed E-state index contributed by atoms with van der Waals surface area (Å²) in [4.78, 5) is 6.86. The van der Waals surface area contributed by atoms with Gasteiger partial charge in [0.25, 0.3) is 0 Å². The lowest BCUT2D eigenvalue weighted by molar-refractivity contribution is 0.173. The van der Waals surface area contributed by atoms with E-state index in [-0.39, 0.29) is 0 Å². The second-order valence-electron chi connectivity index (χ2n) is 6.60. The monoisotopic (exact) mass is 350 g/mol. The summed E-state index contributed by atoms with van der Waals surface area (Å²) in [5.41, 5.74) is 6.98. The van der Waals surface area contributed by atoms with E-state index in [9.17, 15) is 0 Å². The molecule has 6 nitrogen and oxygen atoms in total. The van der Waals surface area contributed by atoms with Crippen LogP contribution >= 0.6 is 0 Å². The molecule has 0 unspecified atom stereocenters. The Labute approximate surface area is 152 Å². The van der Waals surface area contributed by atoms with Gasteiger partial charge < -0.3 is 20.5 Å². The van der Waals surface area contributed by atoms with Crippen molar-refractivity contribution in [2.24, 2.45) is 10.7 Å². The molecular weight excluding hydrogens is 316 g/mol. The summed E-state index contributed by atoms with van der Waals surface area (Å²) in [6.07, 6.45) is 1.03. The average Bonchev–Trinajstić information content (AvgIpc) is 2.58. The zero-order valence-electron chi connectivity index (χ0n) is 16.5. The molecule has 0 fully saturated rings. The molecule has 0 saturated carbocycles. The first-order valence-electron chi connectivity index (χ1n) is 8.89. The van der Waals surface area contributed by atoms with E-state index in [0.717, 1.165) is 25.1 Å². The zero-order valence-corrected chi connectivity index (χ0v) is 16.5. The third-order valence-corrected chi connectivity index (χ3v) is 4.11. The van der Waals surface area contributed by atoms with Gasteiger partial charge >= 0.3 is 0 Å². The summed E-state index contributed by atoms with van der Waals surface area (Å²) in [7, 11) is 3.25. The number of benzene rings is 1. The second-order valence-corrected chi connectivity index (χ2v) is 6.60. The molecule has 3 N–H and O–H groups in total. The summed E-state index contributed by atoms with van der Waals surface area (Å²) in [6.45, 7) is 11.3. The molecule has 0 bridgehead atoms. The van der Waals surface area contributed by atoms with E-state index in [4.69, 9.17) is 15.2 Å². The van der Waals surface area contributed by atoms with Crippen molar-refractivity contribution in [3.8, 4) is 11.5 Å². The lowest BCUT2D eigenvalue weighted by atomic mass is 10.2. The molecule has 142 valence electrons. The van der Waals surface area contributed by atoms with Crippen LogP contribution in [0.3, 0.4) is 0 Å². The molecule has 0 radical (unpaired) electrons. The number of methoxy groups -OCH3 is 2. The van der Waals surface area contributed by atoms with Crippen LogP contribution in [0.25, 0.3) is 0 Å². The first-order chi connectivity index (χ1) is 11.9. The van der Waals surface area contributed by atoms with Gasteiger partial charge in [-0.05, 0) is 51.8 Å². The van der Waals surface area contributed by atoms with E-state index < -0.39 is 0 Å². The minimum absolute atomic E-state index is 0.468. The standard InChI is InChI=1S/C19H34N4O2/c1-14(2)23(15(3)4)11-7-10-21-19(20)22-13-16-8-9-17(24-5)18(12-16)25-6/h8-9,12,14-15H,7,10-11,13H2,1-6H3,(H3,20,21,22). The largest absolute Gasteiger partial charge is 0.493 e. The highest BCUT2D eigenvalue weighted by Crippen LogP contribution is 2.27. The number of nitrogens with zero attached hydrogens (tertiary/aromatic N) is 2. The summed E-state index contributed by atoms with van der Waals surface area (Å²) in [5, 5.41) is 3.18. The molecule has 0 amide bonds. The van der Waals surface area contributed by atoms with E-state index in [1.54, 1.807) is 14.2 Å². The highest BCUT2D eigenvalue weighted by Gasteiger charge is 2.12. The molecule has 0 aliphatic carbocycles. The lowest BCUT2D eigenvalue weighted by Crippen LogP contribution is -2.40. The third-order valence-electron chi connectivity index (χ3n) is 4.11. The van der Waals surface area contributed by atoms with E-state index in [1.165, 1.54) is 0 Å². The van der Waals surface area contributed by atoms with Crippen LogP contribution in [-0.2, 0) is 6.54 Å². The van der Waals surface area contributed by atoms with E-state index in [1.807, 2.05) is 18.2 Å². The third kappa shape index (κ3) is 7.22. The predicted molar refractivity (Wildman–Crippen MR) is 104 cm³/mol. The number of guanidine groups is 1. The fraction of sp³-hybridized carbons (Fsp3) is 0.632. The van der Waals surface area contributed by atoms with Crippen LogP contribution in [0.2, 0.25) is 0 Å². The highest BCUT2D eigenvalue weighted by atomic mass is 16.5. The van der Waals surface area contributed by atoms with Crippen LogP contribution in [-0.4, -0.2) is 50.3 Å². The Morgan fingerprint density at radius 2 is 1.76 bits per heavy atom. The predicted octanol–water partition coefficient (Wildman–Crippen LogP) is 2.62. The first kappa shape index (κ1) is 21.1. The normalized spacial score (nSPS) is 12.1. The first-order valence-corrected chi connectivity index (χ1v) is 8.89.